The van der Waals surface area contributed by atoms with Gasteiger partial charge < -0.3 is 14.8 Å². The Morgan fingerprint density at radius 1 is 1.43 bits per heavy atom. The highest BCUT2D eigenvalue weighted by Crippen LogP contribution is 2.35. The predicted molar refractivity (Wildman–Crippen MR) is 92.3 cm³/mol. The van der Waals surface area contributed by atoms with Gasteiger partial charge in [-0.05, 0) is 43.5 Å². The van der Waals surface area contributed by atoms with Crippen LogP contribution in [0, 0.1) is 5.92 Å². The van der Waals surface area contributed by atoms with Gasteiger partial charge in [-0.1, -0.05) is 30.0 Å². The summed E-state index contributed by atoms with van der Waals surface area (Å²) in [6.07, 6.45) is 3.51. The second-order valence-electron chi connectivity index (χ2n) is 5.19. The topological polar surface area (TPSA) is 64.6 Å². The molecule has 1 aromatic carbocycles. The molecule has 1 N–H and O–H groups in total. The average molecular weight is 349 g/mol. The fraction of sp³-hybridized carbons (Fsp3) is 0.312. The van der Waals surface area contributed by atoms with Crippen molar-refractivity contribution in [2.75, 3.05) is 6.61 Å². The maximum atomic E-state index is 11.8. The number of hydrogen-bond acceptors (Lipinski definition) is 6. The van der Waals surface area contributed by atoms with E-state index in [1.807, 2.05) is 6.92 Å². The summed E-state index contributed by atoms with van der Waals surface area (Å²) in [5, 5.41) is 2.57. The molecule has 1 saturated carbocycles. The highest BCUT2D eigenvalue weighted by Gasteiger charge is 2.32. The van der Waals surface area contributed by atoms with Crippen LogP contribution in [0.4, 0.5) is 0 Å². The van der Waals surface area contributed by atoms with E-state index in [9.17, 15) is 9.59 Å². The van der Waals surface area contributed by atoms with Gasteiger partial charge >= 0.3 is 5.97 Å². The Labute approximate surface area is 143 Å². The second kappa shape index (κ2) is 6.72. The lowest BCUT2D eigenvalue weighted by molar-refractivity contribution is -0.135. The molecular formula is C16H15NO4S2. The third-order valence-corrected chi connectivity index (χ3v) is 4.49. The molecule has 0 spiro atoms. The molecule has 5 nitrogen and oxygen atoms in total. The molecule has 23 heavy (non-hydrogen) atoms. The molecule has 1 aliphatic carbocycles. The third-order valence-electron chi connectivity index (χ3n) is 3.33. The number of hydrogen-bond donors (Lipinski definition) is 1. The highest BCUT2D eigenvalue weighted by atomic mass is 32.2. The minimum absolute atomic E-state index is 0.0193. The Morgan fingerprint density at radius 3 is 2.83 bits per heavy atom. The number of carbonyl (C=O) groups is 2. The van der Waals surface area contributed by atoms with Crippen LogP contribution in [-0.2, 0) is 9.59 Å². The number of thioether (sulfide) groups is 1. The molecular weight excluding hydrogens is 334 g/mol. The number of rotatable bonds is 5. The van der Waals surface area contributed by atoms with Crippen molar-refractivity contribution in [3.8, 4) is 11.5 Å². The summed E-state index contributed by atoms with van der Waals surface area (Å²) in [6.45, 7) is 2.31. The number of ether oxygens (including phenoxy) is 2. The van der Waals surface area contributed by atoms with Crippen LogP contribution < -0.4 is 14.8 Å². The van der Waals surface area contributed by atoms with Gasteiger partial charge in [0.15, 0.2) is 11.5 Å². The first-order chi connectivity index (χ1) is 11.1. The normalized spacial score (nSPS) is 18.9. The Morgan fingerprint density at radius 2 is 2.22 bits per heavy atom. The summed E-state index contributed by atoms with van der Waals surface area (Å²) in [4.78, 5) is 24.0. The molecule has 0 bridgehead atoms. The monoisotopic (exact) mass is 349 g/mol. The smallest absolute Gasteiger partial charge is 0.314 e. The van der Waals surface area contributed by atoms with Crippen molar-refractivity contribution in [3.63, 3.8) is 0 Å². The molecule has 0 radical (unpaired) electrons. The number of benzene rings is 1. The van der Waals surface area contributed by atoms with Crippen molar-refractivity contribution in [2.24, 2.45) is 5.92 Å². The van der Waals surface area contributed by atoms with Gasteiger partial charge in [0, 0.05) is 0 Å². The molecule has 7 heteroatoms. The van der Waals surface area contributed by atoms with Gasteiger partial charge in [-0.2, -0.15) is 0 Å². The first-order valence-corrected chi connectivity index (χ1v) is 8.52. The van der Waals surface area contributed by atoms with Crippen LogP contribution in [0.1, 0.15) is 25.3 Å². The quantitative estimate of drug-likeness (QED) is 0.382. The molecule has 3 rings (SSSR count). The van der Waals surface area contributed by atoms with Gasteiger partial charge in [0.25, 0.3) is 5.91 Å². The maximum absolute atomic E-state index is 11.8. The summed E-state index contributed by atoms with van der Waals surface area (Å²) in [5.41, 5.74) is 0.780. The van der Waals surface area contributed by atoms with E-state index in [4.69, 9.17) is 21.7 Å². The van der Waals surface area contributed by atoms with E-state index >= 15 is 0 Å². The molecule has 1 saturated heterocycles. The van der Waals surface area contributed by atoms with Crippen molar-refractivity contribution >= 4 is 46.3 Å². The van der Waals surface area contributed by atoms with Gasteiger partial charge in [0.2, 0.25) is 0 Å². The molecule has 0 atom stereocenters. The van der Waals surface area contributed by atoms with Crippen molar-refractivity contribution in [2.45, 2.75) is 19.8 Å². The van der Waals surface area contributed by atoms with Crippen LogP contribution in [0.15, 0.2) is 23.1 Å². The number of thiocarbonyl (C=S) groups is 1. The minimum atomic E-state index is -0.215. The van der Waals surface area contributed by atoms with Gasteiger partial charge in [0.1, 0.15) is 4.32 Å². The molecule has 120 valence electrons. The van der Waals surface area contributed by atoms with E-state index in [1.54, 1.807) is 24.3 Å². The summed E-state index contributed by atoms with van der Waals surface area (Å²) in [7, 11) is 0. The maximum Gasteiger partial charge on any atom is 0.314 e. The lowest BCUT2D eigenvalue weighted by Crippen LogP contribution is -2.17. The summed E-state index contributed by atoms with van der Waals surface area (Å²) >= 11 is 6.18. The molecule has 1 amide bonds. The lowest BCUT2D eigenvalue weighted by Gasteiger charge is -2.11. The molecule has 2 aliphatic rings. The number of carbonyl (C=O) groups excluding carboxylic acids is 2. The van der Waals surface area contributed by atoms with E-state index in [-0.39, 0.29) is 17.8 Å². The fourth-order valence-corrected chi connectivity index (χ4v) is 3.09. The van der Waals surface area contributed by atoms with Crippen LogP contribution in [-0.4, -0.2) is 22.8 Å². The molecule has 1 heterocycles. The van der Waals surface area contributed by atoms with Gasteiger partial charge in [-0.3, -0.25) is 9.59 Å². The van der Waals surface area contributed by atoms with E-state index in [0.717, 1.165) is 18.4 Å². The molecule has 1 aliphatic heterocycles. The summed E-state index contributed by atoms with van der Waals surface area (Å²) < 4.78 is 11.4. The van der Waals surface area contributed by atoms with Crippen molar-refractivity contribution in [1.29, 1.82) is 0 Å². The zero-order valence-electron chi connectivity index (χ0n) is 12.5. The largest absolute Gasteiger partial charge is 0.490 e. The van der Waals surface area contributed by atoms with Crippen molar-refractivity contribution in [3.05, 3.63) is 28.7 Å². The zero-order chi connectivity index (χ0) is 16.4. The van der Waals surface area contributed by atoms with Crippen LogP contribution in [0.2, 0.25) is 0 Å². The van der Waals surface area contributed by atoms with Gasteiger partial charge in [-0.15, -0.1) is 0 Å². The average Bonchev–Trinajstić information content (AvgIpc) is 3.29. The van der Waals surface area contributed by atoms with Crippen LogP contribution >= 0.6 is 24.0 Å². The summed E-state index contributed by atoms with van der Waals surface area (Å²) in [5.74, 6) is 0.493. The Hall–Kier alpha value is -1.86. The minimum Gasteiger partial charge on any atom is -0.490 e. The first kappa shape index (κ1) is 16.0. The van der Waals surface area contributed by atoms with Crippen molar-refractivity contribution < 1.29 is 19.1 Å². The van der Waals surface area contributed by atoms with E-state index < -0.39 is 0 Å². The van der Waals surface area contributed by atoms with Gasteiger partial charge in [-0.25, -0.2) is 0 Å². The molecule has 0 unspecified atom stereocenters. The van der Waals surface area contributed by atoms with E-state index in [1.165, 1.54) is 11.8 Å². The van der Waals surface area contributed by atoms with E-state index in [2.05, 4.69) is 5.32 Å². The van der Waals surface area contributed by atoms with E-state index in [0.29, 0.717) is 27.3 Å². The zero-order valence-corrected chi connectivity index (χ0v) is 14.1. The predicted octanol–water partition coefficient (Wildman–Crippen LogP) is 2.89. The van der Waals surface area contributed by atoms with Crippen LogP contribution in [0.5, 0.6) is 11.5 Å². The molecule has 0 aromatic heterocycles. The van der Waals surface area contributed by atoms with Crippen molar-refractivity contribution in [1.82, 2.24) is 5.32 Å². The Balaban J connectivity index is 1.83. The SMILES string of the molecule is CCOc1cc(/C=C2/SC(=S)NC2=O)ccc1OC(=O)C1CC1. The first-order valence-electron chi connectivity index (χ1n) is 7.30. The number of nitrogens with one attached hydrogen (secondary N) is 1. The second-order valence-corrected chi connectivity index (χ2v) is 6.91. The Kier molecular flexibility index (Phi) is 4.68. The summed E-state index contributed by atoms with van der Waals surface area (Å²) in [6, 6.07) is 5.22. The van der Waals surface area contributed by atoms with Crippen LogP contribution in [0.3, 0.4) is 0 Å². The number of esters is 1. The molecule has 1 aromatic rings. The van der Waals surface area contributed by atoms with Gasteiger partial charge in [0.05, 0.1) is 17.4 Å². The number of amides is 1. The third kappa shape index (κ3) is 3.92. The fourth-order valence-electron chi connectivity index (χ4n) is 2.05. The highest BCUT2D eigenvalue weighted by molar-refractivity contribution is 8.26. The lowest BCUT2D eigenvalue weighted by atomic mass is 10.2. The molecule has 2 fully saturated rings. The Bertz CT molecular complexity index is 710. The van der Waals surface area contributed by atoms with Crippen LogP contribution in [0.25, 0.3) is 6.08 Å². The standard InChI is InChI=1S/C16H15NO4S2/c1-2-20-12-7-9(8-13-14(18)17-16(22)23-13)3-6-11(12)21-15(19)10-4-5-10/h3,6-8,10H,2,4-5H2,1H3,(H,17,18,22)/b13-8+.